The van der Waals surface area contributed by atoms with Gasteiger partial charge in [-0.1, -0.05) is 39.7 Å². The van der Waals surface area contributed by atoms with Crippen LogP contribution < -0.4 is 4.90 Å². The Hall–Kier alpha value is -1.65. The van der Waals surface area contributed by atoms with Crippen LogP contribution in [0.1, 0.15) is 26.3 Å². The maximum Gasteiger partial charge on any atom is 0.266 e. The first kappa shape index (κ1) is 13.3. The summed E-state index contributed by atoms with van der Waals surface area (Å²) in [6, 6.07) is 10.3. The van der Waals surface area contributed by atoms with Gasteiger partial charge < -0.3 is 0 Å². The van der Waals surface area contributed by atoms with Crippen LogP contribution in [0, 0.1) is 6.92 Å². The summed E-state index contributed by atoms with van der Waals surface area (Å²) in [4.78, 5) is 26.0. The lowest BCUT2D eigenvalue weighted by Gasteiger charge is -2.17. The second kappa shape index (κ2) is 4.72. The smallest absolute Gasteiger partial charge is 0.266 e. The minimum Gasteiger partial charge on any atom is -0.268 e. The van der Waals surface area contributed by atoms with E-state index in [0.717, 1.165) is 14.9 Å². The molecule has 1 heterocycles. The molecule has 2 amide bonds. The van der Waals surface area contributed by atoms with Crippen molar-refractivity contribution < 1.29 is 9.59 Å². The van der Waals surface area contributed by atoms with Crippen LogP contribution in [0.25, 0.3) is 0 Å². The summed E-state index contributed by atoms with van der Waals surface area (Å²) >= 11 is 9.61. The molecular formula is C15H9BrClNO2. The number of hydrogen-bond donors (Lipinski definition) is 0. The summed E-state index contributed by atoms with van der Waals surface area (Å²) in [7, 11) is 0. The lowest BCUT2D eigenvalue weighted by atomic mass is 10.1. The van der Waals surface area contributed by atoms with Crippen LogP contribution in [-0.4, -0.2) is 11.8 Å². The maximum atomic E-state index is 12.4. The molecule has 0 atom stereocenters. The molecule has 0 bridgehead atoms. The number of amides is 2. The number of rotatable bonds is 1. The van der Waals surface area contributed by atoms with Crippen molar-refractivity contribution in [2.24, 2.45) is 0 Å². The monoisotopic (exact) mass is 349 g/mol. The van der Waals surface area contributed by atoms with Gasteiger partial charge in [0, 0.05) is 4.47 Å². The fourth-order valence-corrected chi connectivity index (χ4v) is 3.03. The number of halogens is 2. The average Bonchev–Trinajstić information content (AvgIpc) is 2.67. The van der Waals surface area contributed by atoms with Gasteiger partial charge in [-0.3, -0.25) is 9.59 Å². The highest BCUT2D eigenvalue weighted by Crippen LogP contribution is 2.37. The van der Waals surface area contributed by atoms with E-state index in [1.165, 1.54) is 0 Å². The number of aryl methyl sites for hydroxylation is 1. The predicted octanol–water partition coefficient (Wildman–Crippen LogP) is 4.21. The topological polar surface area (TPSA) is 37.4 Å². The minimum absolute atomic E-state index is 0.343. The number of carbonyl (C=O) groups is 2. The molecule has 0 N–H and O–H groups in total. The largest absolute Gasteiger partial charge is 0.268 e. The molecule has 1 aliphatic heterocycles. The van der Waals surface area contributed by atoms with E-state index in [2.05, 4.69) is 15.9 Å². The van der Waals surface area contributed by atoms with Gasteiger partial charge in [0.05, 0.1) is 21.8 Å². The zero-order valence-electron chi connectivity index (χ0n) is 10.5. The second-order valence-corrected chi connectivity index (χ2v) is 5.84. The molecular weight excluding hydrogens is 342 g/mol. The molecule has 0 spiro atoms. The van der Waals surface area contributed by atoms with E-state index < -0.39 is 0 Å². The van der Waals surface area contributed by atoms with Crippen molar-refractivity contribution in [1.29, 1.82) is 0 Å². The van der Waals surface area contributed by atoms with E-state index >= 15 is 0 Å². The van der Waals surface area contributed by atoms with Crippen LogP contribution in [0.2, 0.25) is 5.02 Å². The van der Waals surface area contributed by atoms with Crippen molar-refractivity contribution in [3.8, 4) is 0 Å². The normalized spacial score (nSPS) is 13.8. The number of benzene rings is 2. The molecule has 5 heteroatoms. The molecule has 0 saturated heterocycles. The van der Waals surface area contributed by atoms with Crippen molar-refractivity contribution in [3.63, 3.8) is 0 Å². The quantitative estimate of drug-likeness (QED) is 0.722. The Morgan fingerprint density at radius 2 is 1.60 bits per heavy atom. The van der Waals surface area contributed by atoms with Gasteiger partial charge in [0.15, 0.2) is 0 Å². The molecule has 2 aromatic carbocycles. The maximum absolute atomic E-state index is 12.4. The summed E-state index contributed by atoms with van der Waals surface area (Å²) in [6.07, 6.45) is 0. The van der Waals surface area contributed by atoms with Crippen molar-refractivity contribution in [3.05, 3.63) is 62.6 Å². The van der Waals surface area contributed by atoms with Crippen LogP contribution in [0.3, 0.4) is 0 Å². The fourth-order valence-electron chi connectivity index (χ4n) is 2.28. The summed E-state index contributed by atoms with van der Waals surface area (Å²) in [5.74, 6) is -0.685. The first-order chi connectivity index (χ1) is 9.50. The van der Waals surface area contributed by atoms with Gasteiger partial charge in [-0.05, 0) is 36.8 Å². The molecule has 20 heavy (non-hydrogen) atoms. The molecule has 0 fully saturated rings. The third-order valence-corrected chi connectivity index (χ3v) is 4.18. The van der Waals surface area contributed by atoms with E-state index in [-0.39, 0.29) is 11.8 Å². The molecule has 0 aliphatic carbocycles. The number of imide groups is 1. The van der Waals surface area contributed by atoms with E-state index in [1.54, 1.807) is 30.3 Å². The third kappa shape index (κ3) is 1.87. The van der Waals surface area contributed by atoms with Gasteiger partial charge in [0.25, 0.3) is 11.8 Å². The Kier molecular flexibility index (Phi) is 3.15. The van der Waals surface area contributed by atoms with E-state index in [1.807, 2.05) is 13.0 Å². The molecule has 0 aromatic heterocycles. The molecule has 3 nitrogen and oxygen atoms in total. The average molecular weight is 351 g/mol. The summed E-state index contributed by atoms with van der Waals surface area (Å²) in [5, 5.41) is 0.405. The summed E-state index contributed by atoms with van der Waals surface area (Å²) < 4.78 is 0.769. The zero-order chi connectivity index (χ0) is 14.4. The van der Waals surface area contributed by atoms with Gasteiger partial charge in [-0.15, -0.1) is 0 Å². The van der Waals surface area contributed by atoms with Gasteiger partial charge in [0.2, 0.25) is 0 Å². The van der Waals surface area contributed by atoms with Gasteiger partial charge in [0.1, 0.15) is 0 Å². The van der Waals surface area contributed by atoms with Crippen molar-refractivity contribution in [2.75, 3.05) is 4.90 Å². The SMILES string of the molecule is Cc1cc(Br)cc(N2C(=O)c3ccccc3C2=O)c1Cl. The highest BCUT2D eigenvalue weighted by atomic mass is 79.9. The minimum atomic E-state index is -0.343. The van der Waals surface area contributed by atoms with Crippen LogP contribution >= 0.6 is 27.5 Å². The van der Waals surface area contributed by atoms with Crippen LogP contribution in [0.15, 0.2) is 40.9 Å². The van der Waals surface area contributed by atoms with Gasteiger partial charge in [-0.2, -0.15) is 0 Å². The molecule has 100 valence electrons. The third-order valence-electron chi connectivity index (χ3n) is 3.24. The van der Waals surface area contributed by atoms with Crippen LogP contribution in [-0.2, 0) is 0 Å². The number of fused-ring (bicyclic) bond motifs is 1. The molecule has 0 saturated carbocycles. The molecule has 3 rings (SSSR count). The highest BCUT2D eigenvalue weighted by molar-refractivity contribution is 9.10. The fraction of sp³-hybridized carbons (Fsp3) is 0.0667. The Morgan fingerprint density at radius 1 is 1.05 bits per heavy atom. The van der Waals surface area contributed by atoms with Crippen LogP contribution in [0.5, 0.6) is 0 Å². The predicted molar refractivity (Wildman–Crippen MR) is 81.5 cm³/mol. The van der Waals surface area contributed by atoms with Crippen molar-refractivity contribution in [1.82, 2.24) is 0 Å². The first-order valence-electron chi connectivity index (χ1n) is 5.94. The number of hydrogen-bond acceptors (Lipinski definition) is 2. The Labute approximate surface area is 129 Å². The lowest BCUT2D eigenvalue weighted by molar-refractivity contribution is 0.0926. The Morgan fingerprint density at radius 3 is 2.15 bits per heavy atom. The summed E-state index contributed by atoms with van der Waals surface area (Å²) in [5.41, 5.74) is 2.02. The Balaban J connectivity index is 2.19. The Bertz CT molecular complexity index is 723. The highest BCUT2D eigenvalue weighted by Gasteiger charge is 2.37. The number of carbonyl (C=O) groups excluding carboxylic acids is 2. The standard InChI is InChI=1S/C15H9BrClNO2/c1-8-6-9(16)7-12(13(8)17)18-14(19)10-4-2-3-5-11(10)15(18)20/h2-7H,1H3. The van der Waals surface area contributed by atoms with E-state index in [4.69, 9.17) is 11.6 Å². The summed E-state index contributed by atoms with van der Waals surface area (Å²) in [6.45, 7) is 1.83. The molecule has 2 aromatic rings. The molecule has 0 radical (unpaired) electrons. The number of anilines is 1. The van der Waals surface area contributed by atoms with E-state index in [0.29, 0.717) is 21.8 Å². The van der Waals surface area contributed by atoms with Crippen molar-refractivity contribution >= 4 is 45.0 Å². The second-order valence-electron chi connectivity index (χ2n) is 4.55. The number of nitrogens with zero attached hydrogens (tertiary/aromatic N) is 1. The van der Waals surface area contributed by atoms with E-state index in [9.17, 15) is 9.59 Å². The first-order valence-corrected chi connectivity index (χ1v) is 7.11. The van der Waals surface area contributed by atoms with Gasteiger partial charge in [-0.25, -0.2) is 4.90 Å². The molecule has 1 aliphatic rings. The zero-order valence-corrected chi connectivity index (χ0v) is 12.8. The van der Waals surface area contributed by atoms with Crippen LogP contribution in [0.4, 0.5) is 5.69 Å². The van der Waals surface area contributed by atoms with Crippen molar-refractivity contribution in [2.45, 2.75) is 6.92 Å². The van der Waals surface area contributed by atoms with Gasteiger partial charge >= 0.3 is 0 Å². The lowest BCUT2D eigenvalue weighted by Crippen LogP contribution is -2.29. The molecule has 0 unspecified atom stereocenters.